The largest absolute Gasteiger partial charge is 0.454 e. The number of carbonyl (C=O) groups excluding carboxylic acids is 1. The minimum atomic E-state index is -0.728. The number of hydrogen-bond donors (Lipinski definition) is 0. The lowest BCUT2D eigenvalue weighted by Crippen LogP contribution is -2.10. The van der Waals surface area contributed by atoms with Gasteiger partial charge in [0.1, 0.15) is 0 Å². The number of nitrogens with zero attached hydrogens (tertiary/aromatic N) is 3. The molecule has 2 heterocycles. The molecule has 0 amide bonds. The smallest absolute Gasteiger partial charge is 0.306 e. The molecule has 10 nitrogen and oxygen atoms in total. The van der Waals surface area contributed by atoms with Crippen molar-refractivity contribution in [3.8, 4) is 23.0 Å². The van der Waals surface area contributed by atoms with Gasteiger partial charge in [0.2, 0.25) is 12.7 Å². The van der Waals surface area contributed by atoms with Gasteiger partial charge in [0.05, 0.1) is 4.92 Å². The standard InChI is InChI=1S/C20H17N3O7/c1-12(19-21-22-20(30-19)14-4-6-15(7-5-14)23(25)26)29-18(24)9-3-13-2-8-16-17(10-13)28-11-27-16/h2,4-8,10,12H,3,9,11H2,1H3/t12-/m1/s1. The highest BCUT2D eigenvalue weighted by molar-refractivity contribution is 5.70. The highest BCUT2D eigenvalue weighted by Crippen LogP contribution is 2.33. The zero-order chi connectivity index (χ0) is 21.1. The van der Waals surface area contributed by atoms with Crippen LogP contribution in [0.1, 0.15) is 30.9 Å². The topological polar surface area (TPSA) is 127 Å². The van der Waals surface area contributed by atoms with Gasteiger partial charge in [-0.3, -0.25) is 14.9 Å². The number of fused-ring (bicyclic) bond motifs is 1. The van der Waals surface area contributed by atoms with Gasteiger partial charge in [0, 0.05) is 24.1 Å². The van der Waals surface area contributed by atoms with Crippen LogP contribution in [0, 0.1) is 10.1 Å². The van der Waals surface area contributed by atoms with Crippen LogP contribution in [0.2, 0.25) is 0 Å². The molecule has 0 aliphatic carbocycles. The molecule has 0 N–H and O–H groups in total. The zero-order valence-corrected chi connectivity index (χ0v) is 15.9. The third-order valence-corrected chi connectivity index (χ3v) is 4.48. The molecule has 1 aliphatic rings. The number of carbonyl (C=O) groups is 1. The van der Waals surface area contributed by atoms with Gasteiger partial charge < -0.3 is 18.6 Å². The van der Waals surface area contributed by atoms with Crippen LogP contribution in [0.3, 0.4) is 0 Å². The van der Waals surface area contributed by atoms with Gasteiger partial charge in [-0.15, -0.1) is 10.2 Å². The molecule has 1 aliphatic heterocycles. The van der Waals surface area contributed by atoms with Crippen molar-refractivity contribution in [1.29, 1.82) is 0 Å². The molecule has 0 radical (unpaired) electrons. The number of non-ortho nitro benzene ring substituents is 1. The predicted molar refractivity (Wildman–Crippen MR) is 102 cm³/mol. The molecule has 1 aromatic heterocycles. The third-order valence-electron chi connectivity index (χ3n) is 4.48. The van der Waals surface area contributed by atoms with Gasteiger partial charge in [-0.25, -0.2) is 0 Å². The van der Waals surface area contributed by atoms with Gasteiger partial charge in [-0.1, -0.05) is 6.07 Å². The summed E-state index contributed by atoms with van der Waals surface area (Å²) in [5, 5.41) is 18.5. The first kappa shape index (κ1) is 19.4. The number of rotatable bonds is 7. The summed E-state index contributed by atoms with van der Waals surface area (Å²) in [4.78, 5) is 22.4. The number of aromatic nitrogens is 2. The summed E-state index contributed by atoms with van der Waals surface area (Å²) in [5.74, 6) is 1.27. The Balaban J connectivity index is 1.33. The van der Waals surface area contributed by atoms with E-state index in [0.29, 0.717) is 23.5 Å². The zero-order valence-electron chi connectivity index (χ0n) is 15.9. The Bertz CT molecular complexity index is 1080. The molecular formula is C20H17N3O7. The molecule has 1 atom stereocenters. The van der Waals surface area contributed by atoms with E-state index in [0.717, 1.165) is 5.56 Å². The van der Waals surface area contributed by atoms with Crippen LogP contribution in [0.5, 0.6) is 11.5 Å². The minimum Gasteiger partial charge on any atom is -0.454 e. The highest BCUT2D eigenvalue weighted by Gasteiger charge is 2.20. The lowest BCUT2D eigenvalue weighted by atomic mass is 10.1. The highest BCUT2D eigenvalue weighted by atomic mass is 16.7. The molecule has 0 spiro atoms. The maximum absolute atomic E-state index is 12.2. The third kappa shape index (κ3) is 4.22. The van der Waals surface area contributed by atoms with E-state index in [1.807, 2.05) is 18.2 Å². The SMILES string of the molecule is C[C@@H](OC(=O)CCc1ccc2c(c1)OCO2)c1nnc(-c2ccc([N+](=O)[O-])cc2)o1. The molecule has 30 heavy (non-hydrogen) atoms. The molecular weight excluding hydrogens is 394 g/mol. The number of nitro benzene ring substituents is 1. The van der Waals surface area contributed by atoms with Crippen molar-refractivity contribution in [1.82, 2.24) is 10.2 Å². The van der Waals surface area contributed by atoms with Crippen molar-refractivity contribution in [2.75, 3.05) is 6.79 Å². The lowest BCUT2D eigenvalue weighted by Gasteiger charge is -2.09. The Labute approximate surface area is 170 Å². The van der Waals surface area contributed by atoms with E-state index in [9.17, 15) is 14.9 Å². The normalized spacial score (nSPS) is 13.1. The molecule has 0 saturated carbocycles. The first-order chi connectivity index (χ1) is 14.5. The van der Waals surface area contributed by atoms with Gasteiger partial charge in [-0.05, 0) is 43.2 Å². The van der Waals surface area contributed by atoms with Crippen LogP contribution < -0.4 is 9.47 Å². The van der Waals surface area contributed by atoms with Crippen molar-refractivity contribution in [2.45, 2.75) is 25.9 Å². The summed E-state index contributed by atoms with van der Waals surface area (Å²) in [6.07, 6.45) is -0.0681. The summed E-state index contributed by atoms with van der Waals surface area (Å²) < 4.78 is 21.5. The van der Waals surface area contributed by atoms with Gasteiger partial charge in [-0.2, -0.15) is 0 Å². The van der Waals surface area contributed by atoms with E-state index in [-0.39, 0.29) is 30.7 Å². The number of ether oxygens (including phenoxy) is 3. The first-order valence-corrected chi connectivity index (χ1v) is 9.16. The van der Waals surface area contributed by atoms with E-state index < -0.39 is 17.0 Å². The van der Waals surface area contributed by atoms with Crippen molar-refractivity contribution in [2.24, 2.45) is 0 Å². The summed E-state index contributed by atoms with van der Waals surface area (Å²) in [5.41, 5.74) is 1.42. The number of nitro groups is 1. The fourth-order valence-corrected chi connectivity index (χ4v) is 2.89. The van der Waals surface area contributed by atoms with E-state index in [1.54, 1.807) is 6.92 Å². The molecule has 0 saturated heterocycles. The Kier molecular flexibility index (Phi) is 5.29. The Hall–Kier alpha value is -3.95. The minimum absolute atomic E-state index is 0.0387. The Morgan fingerprint density at radius 2 is 1.93 bits per heavy atom. The number of esters is 1. The van der Waals surface area contributed by atoms with Gasteiger partial charge in [0.15, 0.2) is 17.6 Å². The molecule has 2 aromatic carbocycles. The monoisotopic (exact) mass is 411 g/mol. The maximum atomic E-state index is 12.2. The van der Waals surface area contributed by atoms with Gasteiger partial charge >= 0.3 is 5.97 Å². The van der Waals surface area contributed by atoms with Crippen LogP contribution in [0.25, 0.3) is 11.5 Å². The van der Waals surface area contributed by atoms with Crippen LogP contribution in [-0.2, 0) is 16.0 Å². The molecule has 3 aromatic rings. The number of hydrogen-bond acceptors (Lipinski definition) is 9. The second kappa shape index (κ2) is 8.19. The molecule has 154 valence electrons. The van der Waals surface area contributed by atoms with Crippen molar-refractivity contribution < 1.29 is 28.3 Å². The van der Waals surface area contributed by atoms with E-state index in [1.165, 1.54) is 24.3 Å². The van der Waals surface area contributed by atoms with Crippen molar-refractivity contribution in [3.63, 3.8) is 0 Å². The Morgan fingerprint density at radius 3 is 2.70 bits per heavy atom. The van der Waals surface area contributed by atoms with Gasteiger partial charge in [0.25, 0.3) is 11.6 Å². The lowest BCUT2D eigenvalue weighted by molar-refractivity contribution is -0.384. The molecule has 10 heteroatoms. The van der Waals surface area contributed by atoms with Crippen LogP contribution >= 0.6 is 0 Å². The maximum Gasteiger partial charge on any atom is 0.306 e. The number of aryl methyl sites for hydroxylation is 1. The Morgan fingerprint density at radius 1 is 1.17 bits per heavy atom. The fourth-order valence-electron chi connectivity index (χ4n) is 2.89. The van der Waals surface area contributed by atoms with Crippen LogP contribution in [0.4, 0.5) is 5.69 Å². The quantitative estimate of drug-likeness (QED) is 0.325. The predicted octanol–water partition coefficient (Wildman–Crippen LogP) is 3.61. The molecule has 0 fully saturated rings. The fraction of sp³-hybridized carbons (Fsp3) is 0.250. The van der Waals surface area contributed by atoms with Crippen molar-refractivity contribution >= 4 is 11.7 Å². The molecule has 4 rings (SSSR count). The second-order valence-corrected chi connectivity index (χ2v) is 6.57. The first-order valence-electron chi connectivity index (χ1n) is 9.16. The average molecular weight is 411 g/mol. The second-order valence-electron chi connectivity index (χ2n) is 6.57. The average Bonchev–Trinajstić information content (AvgIpc) is 3.41. The van der Waals surface area contributed by atoms with E-state index in [2.05, 4.69) is 10.2 Å². The summed E-state index contributed by atoms with van der Waals surface area (Å²) in [6.45, 7) is 1.83. The molecule has 0 bridgehead atoms. The van der Waals surface area contributed by atoms with E-state index >= 15 is 0 Å². The van der Waals surface area contributed by atoms with Crippen molar-refractivity contribution in [3.05, 3.63) is 64.0 Å². The number of benzene rings is 2. The summed E-state index contributed by atoms with van der Waals surface area (Å²) in [7, 11) is 0. The summed E-state index contributed by atoms with van der Waals surface area (Å²) >= 11 is 0. The summed E-state index contributed by atoms with van der Waals surface area (Å²) in [6, 6.07) is 11.2. The van der Waals surface area contributed by atoms with E-state index in [4.69, 9.17) is 18.6 Å². The molecule has 0 unspecified atom stereocenters. The van der Waals surface area contributed by atoms with Crippen LogP contribution in [-0.4, -0.2) is 27.9 Å². The van der Waals surface area contributed by atoms with Crippen LogP contribution in [0.15, 0.2) is 46.9 Å².